The van der Waals surface area contributed by atoms with Crippen LogP contribution >= 0.6 is 0 Å². The lowest BCUT2D eigenvalue weighted by Crippen LogP contribution is -2.50. The third-order valence-corrected chi connectivity index (χ3v) is 6.04. The van der Waals surface area contributed by atoms with Gasteiger partial charge in [0.05, 0.1) is 6.04 Å². The number of benzene rings is 2. The standard InChI is InChI=1S/C24H27FN2O/c1-3-16(2)26-24(28)27-20-10-11-21(27)14-19(13-20)18-9-12-22(23(25)15-18)17-7-5-4-6-8-17/h4-9,12-13,15-16,20-21H,3,10-11,14H2,1-2H3,(H,26,28). The molecule has 4 rings (SSSR count). The van der Waals surface area contributed by atoms with Crippen molar-refractivity contribution in [2.45, 2.75) is 57.7 Å². The van der Waals surface area contributed by atoms with Gasteiger partial charge in [-0.25, -0.2) is 9.18 Å². The molecule has 0 aliphatic carbocycles. The van der Waals surface area contributed by atoms with E-state index < -0.39 is 0 Å². The molecule has 2 amide bonds. The number of hydrogen-bond donors (Lipinski definition) is 1. The molecule has 146 valence electrons. The number of rotatable bonds is 4. The molecule has 2 heterocycles. The van der Waals surface area contributed by atoms with E-state index in [0.29, 0.717) is 5.56 Å². The summed E-state index contributed by atoms with van der Waals surface area (Å²) in [4.78, 5) is 14.6. The van der Waals surface area contributed by atoms with Crippen LogP contribution in [0.2, 0.25) is 0 Å². The monoisotopic (exact) mass is 378 g/mol. The summed E-state index contributed by atoms with van der Waals surface area (Å²) in [5.41, 5.74) is 3.59. The van der Waals surface area contributed by atoms with E-state index in [0.717, 1.165) is 42.4 Å². The smallest absolute Gasteiger partial charge is 0.318 e. The van der Waals surface area contributed by atoms with Crippen molar-refractivity contribution in [3.8, 4) is 11.1 Å². The first-order valence-electron chi connectivity index (χ1n) is 10.2. The molecule has 28 heavy (non-hydrogen) atoms. The van der Waals surface area contributed by atoms with Gasteiger partial charge in [-0.2, -0.15) is 0 Å². The summed E-state index contributed by atoms with van der Waals surface area (Å²) in [5.74, 6) is -0.200. The van der Waals surface area contributed by atoms with Crippen molar-refractivity contribution in [2.75, 3.05) is 0 Å². The highest BCUT2D eigenvalue weighted by molar-refractivity contribution is 5.79. The number of halogens is 1. The number of carbonyl (C=O) groups excluding carboxylic acids is 1. The Kier molecular flexibility index (Phi) is 5.21. The minimum absolute atomic E-state index is 0.0303. The zero-order chi connectivity index (χ0) is 19.7. The first kappa shape index (κ1) is 18.7. The van der Waals surface area contributed by atoms with Crippen molar-refractivity contribution in [3.05, 3.63) is 66.0 Å². The minimum atomic E-state index is -0.200. The second-order valence-electron chi connectivity index (χ2n) is 7.92. The van der Waals surface area contributed by atoms with Gasteiger partial charge in [-0.15, -0.1) is 0 Å². The normalized spacial score (nSPS) is 22.0. The third kappa shape index (κ3) is 3.56. The Morgan fingerprint density at radius 2 is 1.96 bits per heavy atom. The average Bonchev–Trinajstić information content (AvgIpc) is 2.98. The van der Waals surface area contributed by atoms with Gasteiger partial charge in [0.25, 0.3) is 0 Å². The molecule has 1 fully saturated rings. The van der Waals surface area contributed by atoms with E-state index in [9.17, 15) is 9.18 Å². The molecule has 1 N–H and O–H groups in total. The second-order valence-corrected chi connectivity index (χ2v) is 7.92. The molecule has 2 aromatic carbocycles. The number of carbonyl (C=O) groups is 1. The fourth-order valence-electron chi connectivity index (χ4n) is 4.31. The van der Waals surface area contributed by atoms with Gasteiger partial charge in [0.1, 0.15) is 5.82 Å². The van der Waals surface area contributed by atoms with Crippen molar-refractivity contribution < 1.29 is 9.18 Å². The first-order valence-corrected chi connectivity index (χ1v) is 10.2. The van der Waals surface area contributed by atoms with Gasteiger partial charge in [-0.3, -0.25) is 0 Å². The van der Waals surface area contributed by atoms with Gasteiger partial charge in [0.15, 0.2) is 0 Å². The van der Waals surface area contributed by atoms with Crippen LogP contribution in [0.25, 0.3) is 16.7 Å². The molecule has 1 saturated heterocycles. The van der Waals surface area contributed by atoms with Gasteiger partial charge in [-0.1, -0.05) is 55.5 Å². The molecule has 2 bridgehead atoms. The van der Waals surface area contributed by atoms with Crippen molar-refractivity contribution >= 4 is 11.6 Å². The highest BCUT2D eigenvalue weighted by atomic mass is 19.1. The molecule has 0 saturated carbocycles. The Hall–Kier alpha value is -2.62. The van der Waals surface area contributed by atoms with Gasteiger partial charge < -0.3 is 10.2 Å². The maximum absolute atomic E-state index is 14.8. The largest absolute Gasteiger partial charge is 0.336 e. The fraction of sp³-hybridized carbons (Fsp3) is 0.375. The quantitative estimate of drug-likeness (QED) is 0.736. The predicted molar refractivity (Wildman–Crippen MR) is 111 cm³/mol. The van der Waals surface area contributed by atoms with Crippen LogP contribution in [0, 0.1) is 5.82 Å². The molecule has 3 atom stereocenters. The molecule has 0 radical (unpaired) electrons. The highest BCUT2D eigenvalue weighted by Crippen LogP contribution is 2.39. The van der Waals surface area contributed by atoms with Crippen molar-refractivity contribution in [2.24, 2.45) is 0 Å². The van der Waals surface area contributed by atoms with Crippen LogP contribution in [-0.4, -0.2) is 29.1 Å². The van der Waals surface area contributed by atoms with Crippen molar-refractivity contribution in [3.63, 3.8) is 0 Å². The van der Waals surface area contributed by atoms with Crippen LogP contribution in [0.15, 0.2) is 54.6 Å². The Bertz CT molecular complexity index is 893. The Labute approximate surface area is 166 Å². The molecule has 2 aliphatic heterocycles. The van der Waals surface area contributed by atoms with E-state index in [1.807, 2.05) is 54.3 Å². The van der Waals surface area contributed by atoms with Gasteiger partial charge in [0, 0.05) is 17.6 Å². The fourth-order valence-corrected chi connectivity index (χ4v) is 4.31. The highest BCUT2D eigenvalue weighted by Gasteiger charge is 2.40. The zero-order valence-corrected chi connectivity index (χ0v) is 16.5. The molecule has 3 nitrogen and oxygen atoms in total. The summed E-state index contributed by atoms with van der Waals surface area (Å²) < 4.78 is 14.8. The summed E-state index contributed by atoms with van der Waals surface area (Å²) in [7, 11) is 0. The van der Waals surface area contributed by atoms with Crippen LogP contribution in [0.3, 0.4) is 0 Å². The lowest BCUT2D eigenvalue weighted by Gasteiger charge is -2.35. The summed E-state index contributed by atoms with van der Waals surface area (Å²) in [6.07, 6.45) is 5.85. The molecule has 2 aliphatic rings. The first-order chi connectivity index (χ1) is 13.6. The Balaban J connectivity index is 1.56. The van der Waals surface area contributed by atoms with E-state index in [1.54, 1.807) is 6.07 Å². The average molecular weight is 378 g/mol. The van der Waals surface area contributed by atoms with Crippen LogP contribution in [0.4, 0.5) is 9.18 Å². The molecule has 4 heteroatoms. The van der Waals surface area contributed by atoms with Crippen LogP contribution in [-0.2, 0) is 0 Å². The predicted octanol–water partition coefficient (Wildman–Crippen LogP) is 5.62. The van der Waals surface area contributed by atoms with E-state index in [4.69, 9.17) is 0 Å². The Morgan fingerprint density at radius 3 is 2.64 bits per heavy atom. The number of amides is 2. The van der Waals surface area contributed by atoms with E-state index >= 15 is 0 Å². The minimum Gasteiger partial charge on any atom is -0.336 e. The van der Waals surface area contributed by atoms with Gasteiger partial charge >= 0.3 is 6.03 Å². The summed E-state index contributed by atoms with van der Waals surface area (Å²) in [6.45, 7) is 4.10. The van der Waals surface area contributed by atoms with Crippen LogP contribution < -0.4 is 5.32 Å². The maximum Gasteiger partial charge on any atom is 0.318 e. The summed E-state index contributed by atoms with van der Waals surface area (Å²) in [5, 5.41) is 3.09. The van der Waals surface area contributed by atoms with E-state index in [1.165, 1.54) is 0 Å². The molecule has 0 aromatic heterocycles. The molecule has 2 aromatic rings. The molecule has 3 unspecified atom stereocenters. The number of urea groups is 1. The van der Waals surface area contributed by atoms with Crippen LogP contribution in [0.5, 0.6) is 0 Å². The topological polar surface area (TPSA) is 32.3 Å². The second kappa shape index (κ2) is 7.78. The molecule has 0 spiro atoms. The lowest BCUT2D eigenvalue weighted by atomic mass is 9.93. The van der Waals surface area contributed by atoms with E-state index in [-0.39, 0.29) is 30.0 Å². The maximum atomic E-state index is 14.8. The van der Waals surface area contributed by atoms with Gasteiger partial charge in [0.2, 0.25) is 0 Å². The van der Waals surface area contributed by atoms with Gasteiger partial charge in [-0.05, 0) is 55.4 Å². The third-order valence-electron chi connectivity index (χ3n) is 6.04. The number of nitrogens with one attached hydrogen (secondary N) is 1. The molecular formula is C24H27FN2O. The Morgan fingerprint density at radius 1 is 1.18 bits per heavy atom. The van der Waals surface area contributed by atoms with Crippen LogP contribution in [0.1, 0.15) is 45.1 Å². The molecular weight excluding hydrogens is 351 g/mol. The van der Waals surface area contributed by atoms with Crippen molar-refractivity contribution in [1.29, 1.82) is 0 Å². The van der Waals surface area contributed by atoms with E-state index in [2.05, 4.69) is 18.3 Å². The number of nitrogens with zero attached hydrogens (tertiary/aromatic N) is 1. The number of hydrogen-bond acceptors (Lipinski definition) is 1. The lowest BCUT2D eigenvalue weighted by molar-refractivity contribution is 0.176. The van der Waals surface area contributed by atoms with Crippen molar-refractivity contribution in [1.82, 2.24) is 10.2 Å². The zero-order valence-electron chi connectivity index (χ0n) is 16.5. The SMILES string of the molecule is CCC(C)NC(=O)N1C2C=C(c3ccc(-c4ccccc4)c(F)c3)CC1CC2. The summed E-state index contributed by atoms with van der Waals surface area (Å²) >= 11 is 0. The summed E-state index contributed by atoms with van der Waals surface area (Å²) in [6, 6.07) is 15.6. The number of fused-ring (bicyclic) bond motifs is 2.